The number of rotatable bonds is 4. The summed E-state index contributed by atoms with van der Waals surface area (Å²) in [6.45, 7) is -0.856. The number of carbonyl (C=O) groups is 1. The Labute approximate surface area is 91.0 Å². The first-order chi connectivity index (χ1) is 7.38. The van der Waals surface area contributed by atoms with E-state index in [1.807, 2.05) is 0 Å². The molecule has 0 saturated carbocycles. The Morgan fingerprint density at radius 3 is 2.69 bits per heavy atom. The van der Waals surface area contributed by atoms with Crippen LogP contribution in [0.1, 0.15) is 12.8 Å². The van der Waals surface area contributed by atoms with Gasteiger partial charge in [-0.25, -0.2) is 0 Å². The van der Waals surface area contributed by atoms with Gasteiger partial charge >= 0.3 is 6.18 Å². The molecule has 0 radical (unpaired) electrons. The van der Waals surface area contributed by atoms with E-state index >= 15 is 0 Å². The molecule has 1 N–H and O–H groups in total. The number of hydrogen-bond donors (Lipinski definition) is 1. The van der Waals surface area contributed by atoms with E-state index in [2.05, 4.69) is 4.74 Å². The van der Waals surface area contributed by atoms with E-state index in [0.717, 1.165) is 0 Å². The van der Waals surface area contributed by atoms with Crippen molar-refractivity contribution in [3.63, 3.8) is 0 Å². The molecule has 7 heteroatoms. The van der Waals surface area contributed by atoms with Gasteiger partial charge in [0.2, 0.25) is 5.91 Å². The Bertz CT molecular complexity index is 245. The van der Waals surface area contributed by atoms with E-state index in [-0.39, 0.29) is 25.5 Å². The van der Waals surface area contributed by atoms with Gasteiger partial charge in [-0.15, -0.1) is 0 Å². The summed E-state index contributed by atoms with van der Waals surface area (Å²) >= 11 is 0. The highest BCUT2D eigenvalue weighted by molar-refractivity contribution is 5.76. The molecule has 0 spiro atoms. The van der Waals surface area contributed by atoms with Gasteiger partial charge in [-0.3, -0.25) is 4.79 Å². The minimum absolute atomic E-state index is 0.0806. The van der Waals surface area contributed by atoms with Crippen LogP contribution in [0.4, 0.5) is 13.2 Å². The zero-order chi connectivity index (χ0) is 12.2. The largest absolute Gasteiger partial charge is 0.411 e. The number of β-amino-alcohol motifs (C(OH)–C–C–N with tert-alkyl or cyclic N) is 1. The number of aliphatic hydroxyl groups is 1. The second-order valence-corrected chi connectivity index (χ2v) is 3.70. The first-order valence-electron chi connectivity index (χ1n) is 4.99. The summed E-state index contributed by atoms with van der Waals surface area (Å²) in [5, 5.41) is 9.15. The molecule has 94 valence electrons. The van der Waals surface area contributed by atoms with Crippen LogP contribution in [-0.4, -0.2) is 54.5 Å². The zero-order valence-electron chi connectivity index (χ0n) is 8.66. The fraction of sp³-hybridized carbons (Fsp3) is 0.889. The molecule has 0 bridgehead atoms. The van der Waals surface area contributed by atoms with Gasteiger partial charge in [0.05, 0.1) is 19.1 Å². The lowest BCUT2D eigenvalue weighted by atomic mass is 10.3. The average Bonchev–Trinajstić information content (AvgIpc) is 2.57. The van der Waals surface area contributed by atoms with E-state index in [1.165, 1.54) is 4.90 Å². The third kappa shape index (κ3) is 4.80. The van der Waals surface area contributed by atoms with Crippen molar-refractivity contribution in [2.45, 2.75) is 25.1 Å². The van der Waals surface area contributed by atoms with E-state index in [4.69, 9.17) is 5.11 Å². The highest BCUT2D eigenvalue weighted by Crippen LogP contribution is 2.15. The number of carbonyl (C=O) groups excluding carboxylic acids is 1. The summed E-state index contributed by atoms with van der Waals surface area (Å²) in [5.74, 6) is -0.279. The Balaban J connectivity index is 2.11. The first kappa shape index (κ1) is 13.2. The van der Waals surface area contributed by atoms with Crippen LogP contribution in [-0.2, 0) is 9.53 Å². The maximum absolute atomic E-state index is 11.7. The van der Waals surface area contributed by atoms with Gasteiger partial charge in [-0.2, -0.15) is 13.2 Å². The van der Waals surface area contributed by atoms with E-state index in [1.54, 1.807) is 0 Å². The number of hydrogen-bond acceptors (Lipinski definition) is 3. The fourth-order valence-electron chi connectivity index (χ4n) is 1.47. The summed E-state index contributed by atoms with van der Waals surface area (Å²) < 4.78 is 39.4. The maximum Gasteiger partial charge on any atom is 0.411 e. The summed E-state index contributed by atoms with van der Waals surface area (Å²) in [6.07, 6.45) is -4.43. The lowest BCUT2D eigenvalue weighted by Crippen LogP contribution is -2.30. The van der Waals surface area contributed by atoms with Crippen LogP contribution in [0.3, 0.4) is 0 Å². The standard InChI is InChI=1S/C9H14F3NO3/c10-9(11,12)6-16-4-2-8(15)13-3-1-7(14)5-13/h7,14H,1-6H2. The van der Waals surface area contributed by atoms with Crippen LogP contribution >= 0.6 is 0 Å². The molecule has 1 atom stereocenters. The van der Waals surface area contributed by atoms with Gasteiger partial charge in [0.15, 0.2) is 0 Å². The molecule has 1 fully saturated rings. The Morgan fingerprint density at radius 1 is 1.50 bits per heavy atom. The Hall–Kier alpha value is -0.820. The Kier molecular flexibility index (Phi) is 4.55. The highest BCUT2D eigenvalue weighted by atomic mass is 19.4. The van der Waals surface area contributed by atoms with Gasteiger partial charge in [0.25, 0.3) is 0 Å². The van der Waals surface area contributed by atoms with Crippen molar-refractivity contribution in [3.05, 3.63) is 0 Å². The number of halogens is 3. The van der Waals surface area contributed by atoms with Crippen molar-refractivity contribution in [1.29, 1.82) is 0 Å². The number of nitrogens with zero attached hydrogens (tertiary/aromatic N) is 1. The second-order valence-electron chi connectivity index (χ2n) is 3.70. The molecule has 1 rings (SSSR count). The molecule has 16 heavy (non-hydrogen) atoms. The number of amides is 1. The van der Waals surface area contributed by atoms with Crippen LogP contribution in [0.15, 0.2) is 0 Å². The maximum atomic E-state index is 11.7. The molecule has 0 aromatic carbocycles. The highest BCUT2D eigenvalue weighted by Gasteiger charge is 2.28. The minimum atomic E-state index is -4.35. The van der Waals surface area contributed by atoms with Crippen LogP contribution in [0.5, 0.6) is 0 Å². The topological polar surface area (TPSA) is 49.8 Å². The smallest absolute Gasteiger partial charge is 0.391 e. The predicted molar refractivity (Wildman–Crippen MR) is 48.7 cm³/mol. The van der Waals surface area contributed by atoms with Crippen LogP contribution in [0.2, 0.25) is 0 Å². The van der Waals surface area contributed by atoms with Gasteiger partial charge in [0.1, 0.15) is 6.61 Å². The SMILES string of the molecule is O=C(CCOCC(F)(F)F)N1CCC(O)C1. The van der Waals surface area contributed by atoms with E-state index in [0.29, 0.717) is 13.0 Å². The van der Waals surface area contributed by atoms with E-state index < -0.39 is 18.9 Å². The fourth-order valence-corrected chi connectivity index (χ4v) is 1.47. The number of likely N-dealkylation sites (tertiary alicyclic amines) is 1. The lowest BCUT2D eigenvalue weighted by molar-refractivity contribution is -0.175. The summed E-state index contributed by atoms with van der Waals surface area (Å²) in [7, 11) is 0. The van der Waals surface area contributed by atoms with Crippen molar-refractivity contribution in [2.24, 2.45) is 0 Å². The summed E-state index contributed by atoms with van der Waals surface area (Å²) in [5.41, 5.74) is 0. The molecular weight excluding hydrogens is 227 g/mol. The minimum Gasteiger partial charge on any atom is -0.391 e. The molecule has 1 unspecified atom stereocenters. The molecule has 1 saturated heterocycles. The third-order valence-corrected chi connectivity index (χ3v) is 2.24. The van der Waals surface area contributed by atoms with Gasteiger partial charge in [0, 0.05) is 13.1 Å². The molecule has 0 aliphatic carbocycles. The number of alkyl halides is 3. The lowest BCUT2D eigenvalue weighted by Gasteiger charge is -2.15. The van der Waals surface area contributed by atoms with Crippen LogP contribution < -0.4 is 0 Å². The molecule has 4 nitrogen and oxygen atoms in total. The molecule has 0 aromatic rings. The molecule has 1 aliphatic rings. The van der Waals surface area contributed by atoms with E-state index in [9.17, 15) is 18.0 Å². The summed E-state index contributed by atoms with van der Waals surface area (Å²) in [6, 6.07) is 0. The van der Waals surface area contributed by atoms with Crippen molar-refractivity contribution < 1.29 is 27.8 Å². The Morgan fingerprint density at radius 2 is 2.19 bits per heavy atom. The molecule has 0 aromatic heterocycles. The van der Waals surface area contributed by atoms with Gasteiger partial charge < -0.3 is 14.7 Å². The first-order valence-corrected chi connectivity index (χ1v) is 4.99. The van der Waals surface area contributed by atoms with Gasteiger partial charge in [-0.05, 0) is 6.42 Å². The zero-order valence-corrected chi connectivity index (χ0v) is 8.66. The van der Waals surface area contributed by atoms with Crippen molar-refractivity contribution in [1.82, 2.24) is 4.90 Å². The van der Waals surface area contributed by atoms with Crippen molar-refractivity contribution >= 4 is 5.91 Å². The number of aliphatic hydroxyl groups excluding tert-OH is 1. The van der Waals surface area contributed by atoms with Crippen molar-refractivity contribution in [2.75, 3.05) is 26.3 Å². The average molecular weight is 241 g/mol. The van der Waals surface area contributed by atoms with Crippen molar-refractivity contribution in [3.8, 4) is 0 Å². The predicted octanol–water partition coefficient (Wildman–Crippen LogP) is 0.549. The molecule has 1 heterocycles. The normalized spacial score (nSPS) is 21.5. The second kappa shape index (κ2) is 5.49. The molecular formula is C9H14F3NO3. The molecule has 1 amide bonds. The third-order valence-electron chi connectivity index (χ3n) is 2.24. The van der Waals surface area contributed by atoms with Crippen LogP contribution in [0.25, 0.3) is 0 Å². The quantitative estimate of drug-likeness (QED) is 0.731. The molecule has 1 aliphatic heterocycles. The monoisotopic (exact) mass is 241 g/mol. The number of ether oxygens (including phenoxy) is 1. The van der Waals surface area contributed by atoms with Gasteiger partial charge in [-0.1, -0.05) is 0 Å². The summed E-state index contributed by atoms with van der Waals surface area (Å²) in [4.78, 5) is 12.8. The van der Waals surface area contributed by atoms with Crippen LogP contribution in [0, 0.1) is 0 Å².